The summed E-state index contributed by atoms with van der Waals surface area (Å²) in [6.45, 7) is 4.95. The van der Waals surface area contributed by atoms with Gasteiger partial charge in [-0.25, -0.2) is 0 Å². The molecule has 0 N–H and O–H groups in total. The summed E-state index contributed by atoms with van der Waals surface area (Å²) in [5.74, 6) is 0.366. The molecule has 0 atom stereocenters. The second-order valence-corrected chi connectivity index (χ2v) is 8.92. The van der Waals surface area contributed by atoms with E-state index in [0.29, 0.717) is 13.0 Å². The van der Waals surface area contributed by atoms with Gasteiger partial charge in [-0.1, -0.05) is 6.07 Å². The predicted octanol–water partition coefficient (Wildman–Crippen LogP) is 3.50. The van der Waals surface area contributed by atoms with Crippen molar-refractivity contribution in [2.45, 2.75) is 39.2 Å². The van der Waals surface area contributed by atoms with Crippen molar-refractivity contribution in [3.8, 4) is 0 Å². The number of pyridine rings is 1. The first-order valence-corrected chi connectivity index (χ1v) is 10.4. The summed E-state index contributed by atoms with van der Waals surface area (Å²) in [5, 5.41) is 1.95. The minimum Gasteiger partial charge on any atom is -0.339 e. The monoisotopic (exact) mass is 383 g/mol. The van der Waals surface area contributed by atoms with E-state index in [-0.39, 0.29) is 17.2 Å². The SMILES string of the molecule is Cc1cc(C(=O)N2CCC3(CCC(=O)N(Cc4ccccn4)C3)CC2)cs1. The topological polar surface area (TPSA) is 53.5 Å². The number of piperidine rings is 2. The molecule has 2 saturated heterocycles. The zero-order valence-electron chi connectivity index (χ0n) is 15.7. The van der Waals surface area contributed by atoms with Gasteiger partial charge in [-0.3, -0.25) is 14.6 Å². The van der Waals surface area contributed by atoms with Crippen LogP contribution >= 0.6 is 11.3 Å². The largest absolute Gasteiger partial charge is 0.339 e. The van der Waals surface area contributed by atoms with E-state index in [1.807, 2.05) is 46.4 Å². The molecule has 0 bridgehead atoms. The first-order valence-electron chi connectivity index (χ1n) is 9.57. The van der Waals surface area contributed by atoms with E-state index >= 15 is 0 Å². The van der Waals surface area contributed by atoms with E-state index in [9.17, 15) is 9.59 Å². The average molecular weight is 384 g/mol. The second kappa shape index (κ2) is 7.43. The third kappa shape index (κ3) is 3.90. The quantitative estimate of drug-likeness (QED) is 0.815. The molecule has 4 rings (SSSR count). The number of hydrogen-bond acceptors (Lipinski definition) is 4. The van der Waals surface area contributed by atoms with Gasteiger partial charge in [0.1, 0.15) is 0 Å². The molecule has 2 aromatic rings. The van der Waals surface area contributed by atoms with Crippen molar-refractivity contribution in [2.24, 2.45) is 5.41 Å². The maximum absolute atomic E-state index is 12.7. The molecule has 0 saturated carbocycles. The van der Waals surface area contributed by atoms with E-state index in [0.717, 1.165) is 50.2 Å². The summed E-state index contributed by atoms with van der Waals surface area (Å²) in [7, 11) is 0. The fourth-order valence-electron chi connectivity index (χ4n) is 4.26. The molecule has 6 heteroatoms. The van der Waals surface area contributed by atoms with Crippen molar-refractivity contribution in [3.05, 3.63) is 52.0 Å². The van der Waals surface area contributed by atoms with Gasteiger partial charge in [0, 0.05) is 42.5 Å². The maximum Gasteiger partial charge on any atom is 0.254 e. The van der Waals surface area contributed by atoms with Gasteiger partial charge < -0.3 is 9.80 Å². The van der Waals surface area contributed by atoms with Crippen molar-refractivity contribution in [2.75, 3.05) is 19.6 Å². The van der Waals surface area contributed by atoms with Crippen LogP contribution in [0.2, 0.25) is 0 Å². The first kappa shape index (κ1) is 18.2. The van der Waals surface area contributed by atoms with Crippen LogP contribution in [0.5, 0.6) is 0 Å². The van der Waals surface area contributed by atoms with Crippen LogP contribution in [-0.2, 0) is 11.3 Å². The molecule has 0 radical (unpaired) electrons. The molecule has 2 aliphatic rings. The van der Waals surface area contributed by atoms with Gasteiger partial charge >= 0.3 is 0 Å². The first-order chi connectivity index (χ1) is 13.0. The average Bonchev–Trinajstić information content (AvgIpc) is 3.12. The number of likely N-dealkylation sites (tertiary alicyclic amines) is 2. The smallest absolute Gasteiger partial charge is 0.254 e. The van der Waals surface area contributed by atoms with Crippen LogP contribution in [0.3, 0.4) is 0 Å². The summed E-state index contributed by atoms with van der Waals surface area (Å²) < 4.78 is 0. The highest BCUT2D eigenvalue weighted by molar-refractivity contribution is 7.10. The summed E-state index contributed by atoms with van der Waals surface area (Å²) in [4.78, 5) is 34.6. The Balaban J connectivity index is 1.39. The van der Waals surface area contributed by atoms with Gasteiger partial charge in [0.15, 0.2) is 0 Å². The lowest BCUT2D eigenvalue weighted by Gasteiger charge is -2.47. The fourth-order valence-corrected chi connectivity index (χ4v) is 4.94. The molecule has 2 fully saturated rings. The highest BCUT2D eigenvalue weighted by Gasteiger charge is 2.41. The molecule has 27 heavy (non-hydrogen) atoms. The van der Waals surface area contributed by atoms with Gasteiger partial charge in [-0.15, -0.1) is 11.3 Å². The highest BCUT2D eigenvalue weighted by Crippen LogP contribution is 2.40. The molecule has 4 heterocycles. The zero-order valence-corrected chi connectivity index (χ0v) is 16.5. The van der Waals surface area contributed by atoms with Crippen LogP contribution in [-0.4, -0.2) is 46.2 Å². The zero-order chi connectivity index (χ0) is 18.9. The number of rotatable bonds is 3. The third-order valence-corrected chi connectivity index (χ3v) is 6.78. The Kier molecular flexibility index (Phi) is 5.00. The van der Waals surface area contributed by atoms with Crippen molar-refractivity contribution in [1.82, 2.24) is 14.8 Å². The summed E-state index contributed by atoms with van der Waals surface area (Å²) in [6, 6.07) is 7.80. The number of amides is 2. The maximum atomic E-state index is 12.7. The van der Waals surface area contributed by atoms with E-state index in [1.54, 1.807) is 17.5 Å². The minimum atomic E-state index is 0.143. The Labute approximate surface area is 164 Å². The normalized spacial score (nSPS) is 19.5. The molecule has 2 aliphatic heterocycles. The van der Waals surface area contributed by atoms with Crippen molar-refractivity contribution < 1.29 is 9.59 Å². The summed E-state index contributed by atoms with van der Waals surface area (Å²) >= 11 is 1.62. The number of nitrogens with zero attached hydrogens (tertiary/aromatic N) is 3. The lowest BCUT2D eigenvalue weighted by molar-refractivity contribution is -0.139. The van der Waals surface area contributed by atoms with E-state index in [1.165, 1.54) is 4.88 Å². The molecular formula is C21H25N3O2S. The molecule has 142 valence electrons. The number of aryl methyl sites for hydroxylation is 1. The summed E-state index contributed by atoms with van der Waals surface area (Å²) in [5.41, 5.74) is 1.89. The number of aromatic nitrogens is 1. The van der Waals surface area contributed by atoms with Crippen LogP contribution in [0.4, 0.5) is 0 Å². The summed E-state index contributed by atoms with van der Waals surface area (Å²) in [6.07, 6.45) is 5.24. The second-order valence-electron chi connectivity index (χ2n) is 7.81. The van der Waals surface area contributed by atoms with Gasteiger partial charge in [-0.05, 0) is 49.8 Å². The van der Waals surface area contributed by atoms with Gasteiger partial charge in [0.2, 0.25) is 5.91 Å². The van der Waals surface area contributed by atoms with E-state index < -0.39 is 0 Å². The van der Waals surface area contributed by atoms with Crippen molar-refractivity contribution in [1.29, 1.82) is 0 Å². The minimum absolute atomic E-state index is 0.143. The van der Waals surface area contributed by atoms with Gasteiger partial charge in [0.05, 0.1) is 17.8 Å². The van der Waals surface area contributed by atoms with Crippen LogP contribution in [0.1, 0.15) is 46.6 Å². The molecule has 5 nitrogen and oxygen atoms in total. The molecule has 0 aliphatic carbocycles. The third-order valence-electron chi connectivity index (χ3n) is 5.92. The number of hydrogen-bond donors (Lipinski definition) is 0. The van der Waals surface area contributed by atoms with Crippen molar-refractivity contribution in [3.63, 3.8) is 0 Å². The number of carbonyl (C=O) groups is 2. The fraction of sp³-hybridized carbons (Fsp3) is 0.476. The Morgan fingerprint density at radius 2 is 2.07 bits per heavy atom. The van der Waals surface area contributed by atoms with Gasteiger partial charge in [0.25, 0.3) is 5.91 Å². The van der Waals surface area contributed by atoms with E-state index in [2.05, 4.69) is 4.98 Å². The molecular weight excluding hydrogens is 358 g/mol. The Bertz CT molecular complexity index is 825. The highest BCUT2D eigenvalue weighted by atomic mass is 32.1. The number of carbonyl (C=O) groups excluding carboxylic acids is 2. The number of thiophene rings is 1. The standard InChI is InChI=1S/C21H25N3O2S/c1-16-12-17(14-27-16)20(26)23-10-7-21(8-11-23)6-5-19(25)24(15-21)13-18-4-2-3-9-22-18/h2-4,9,12,14H,5-8,10-11,13,15H2,1H3. The molecule has 0 aromatic carbocycles. The van der Waals surface area contributed by atoms with Crippen LogP contribution in [0.25, 0.3) is 0 Å². The molecule has 0 unspecified atom stereocenters. The van der Waals surface area contributed by atoms with Crippen LogP contribution < -0.4 is 0 Å². The molecule has 2 aromatic heterocycles. The lowest BCUT2D eigenvalue weighted by atomic mass is 9.72. The van der Waals surface area contributed by atoms with Crippen molar-refractivity contribution >= 4 is 23.2 Å². The predicted molar refractivity (Wildman–Crippen MR) is 106 cm³/mol. The van der Waals surface area contributed by atoms with Gasteiger partial charge in [-0.2, -0.15) is 0 Å². The Hall–Kier alpha value is -2.21. The lowest BCUT2D eigenvalue weighted by Crippen LogP contribution is -2.52. The Morgan fingerprint density at radius 3 is 2.74 bits per heavy atom. The molecule has 2 amide bonds. The van der Waals surface area contributed by atoms with Crippen LogP contribution in [0, 0.1) is 12.3 Å². The van der Waals surface area contributed by atoms with E-state index in [4.69, 9.17) is 0 Å². The van der Waals surface area contributed by atoms with Crippen LogP contribution in [0.15, 0.2) is 35.8 Å². The molecule has 1 spiro atoms. The Morgan fingerprint density at radius 1 is 1.26 bits per heavy atom.